The van der Waals surface area contributed by atoms with Crippen molar-refractivity contribution in [1.29, 1.82) is 0 Å². The number of hydrogen-bond donors (Lipinski definition) is 2. The van der Waals surface area contributed by atoms with Gasteiger partial charge < -0.3 is 10.4 Å². The van der Waals surface area contributed by atoms with Gasteiger partial charge in [-0.15, -0.1) is 0 Å². The third-order valence-corrected chi connectivity index (χ3v) is 2.94. The van der Waals surface area contributed by atoms with Gasteiger partial charge in [-0.25, -0.2) is 9.78 Å². The molecule has 1 aromatic heterocycles. The van der Waals surface area contributed by atoms with E-state index in [1.165, 1.54) is 12.3 Å². The summed E-state index contributed by atoms with van der Waals surface area (Å²) in [6.07, 6.45) is 1.21. The summed E-state index contributed by atoms with van der Waals surface area (Å²) in [6, 6.07) is 6.20. The fourth-order valence-electron chi connectivity index (χ4n) is 1.41. The van der Waals surface area contributed by atoms with Gasteiger partial charge in [-0.2, -0.15) is 0 Å². The van der Waals surface area contributed by atoms with Crippen molar-refractivity contribution in [3.05, 3.63) is 51.1 Å². The summed E-state index contributed by atoms with van der Waals surface area (Å²) < 4.78 is 0. The Morgan fingerprint density at radius 3 is 2.26 bits per heavy atom. The second-order valence-corrected chi connectivity index (χ2v) is 4.92. The first-order valence-corrected chi connectivity index (χ1v) is 6.21. The molecule has 2 N–H and O–H groups in total. The highest BCUT2D eigenvalue weighted by Crippen LogP contribution is 2.28. The third-order valence-electron chi connectivity index (χ3n) is 2.21. The van der Waals surface area contributed by atoms with Gasteiger partial charge >= 0.3 is 5.97 Å². The lowest BCUT2D eigenvalue weighted by Gasteiger charge is -2.08. The van der Waals surface area contributed by atoms with Crippen molar-refractivity contribution in [3.63, 3.8) is 0 Å². The monoisotopic (exact) mass is 316 g/mol. The number of halogens is 3. The van der Waals surface area contributed by atoms with Crippen molar-refractivity contribution in [2.24, 2.45) is 0 Å². The number of benzene rings is 1. The van der Waals surface area contributed by atoms with E-state index < -0.39 is 5.97 Å². The van der Waals surface area contributed by atoms with Gasteiger partial charge in [-0.1, -0.05) is 34.8 Å². The van der Waals surface area contributed by atoms with Crippen LogP contribution < -0.4 is 5.32 Å². The highest BCUT2D eigenvalue weighted by molar-refractivity contribution is 6.35. The quantitative estimate of drug-likeness (QED) is 0.876. The second kappa shape index (κ2) is 5.65. The summed E-state index contributed by atoms with van der Waals surface area (Å²) in [5, 5.41) is 12.8. The minimum atomic E-state index is -1.09. The Morgan fingerprint density at radius 2 is 1.74 bits per heavy atom. The lowest BCUT2D eigenvalue weighted by molar-refractivity contribution is 0.0696. The number of anilines is 2. The molecule has 0 saturated carbocycles. The molecule has 2 aromatic rings. The lowest BCUT2D eigenvalue weighted by Crippen LogP contribution is -2.00. The molecule has 0 aliphatic rings. The fourth-order valence-corrected chi connectivity index (χ4v) is 2.15. The molecule has 0 unspecified atom stereocenters. The minimum absolute atomic E-state index is 0.0136. The van der Waals surface area contributed by atoms with Crippen LogP contribution >= 0.6 is 34.8 Å². The molecule has 1 heterocycles. The van der Waals surface area contributed by atoms with Crippen molar-refractivity contribution in [2.45, 2.75) is 0 Å². The van der Waals surface area contributed by atoms with E-state index in [0.29, 0.717) is 21.6 Å². The molecule has 0 radical (unpaired) electrons. The zero-order chi connectivity index (χ0) is 14.0. The zero-order valence-corrected chi connectivity index (χ0v) is 11.6. The fraction of sp³-hybridized carbons (Fsp3) is 0. The molecule has 0 fully saturated rings. The SMILES string of the molecule is O=C(O)c1cnc(Nc2cc(Cl)cc(Cl)c2)c(Cl)c1. The van der Waals surface area contributed by atoms with Gasteiger partial charge in [0, 0.05) is 21.9 Å². The first-order chi connectivity index (χ1) is 8.95. The van der Waals surface area contributed by atoms with Crippen molar-refractivity contribution in [2.75, 3.05) is 5.32 Å². The molecular weight excluding hydrogens is 311 g/mol. The van der Waals surface area contributed by atoms with Crippen LogP contribution in [0.2, 0.25) is 15.1 Å². The van der Waals surface area contributed by atoms with Crippen LogP contribution in [0.1, 0.15) is 10.4 Å². The summed E-state index contributed by atoms with van der Waals surface area (Å²) in [6.45, 7) is 0. The zero-order valence-electron chi connectivity index (χ0n) is 9.32. The van der Waals surface area contributed by atoms with Crippen LogP contribution in [0.3, 0.4) is 0 Å². The summed E-state index contributed by atoms with van der Waals surface area (Å²) in [5.41, 5.74) is 0.620. The van der Waals surface area contributed by atoms with Crippen LogP contribution in [-0.2, 0) is 0 Å². The van der Waals surface area contributed by atoms with Gasteiger partial charge in [-0.3, -0.25) is 0 Å². The number of hydrogen-bond acceptors (Lipinski definition) is 3. The molecule has 0 spiro atoms. The van der Waals surface area contributed by atoms with E-state index in [0.717, 1.165) is 0 Å². The number of aromatic carboxylic acids is 1. The van der Waals surface area contributed by atoms with Crippen molar-refractivity contribution in [1.82, 2.24) is 4.98 Å². The topological polar surface area (TPSA) is 62.2 Å². The highest BCUT2D eigenvalue weighted by Gasteiger charge is 2.09. The molecule has 0 aliphatic heterocycles. The molecule has 98 valence electrons. The Labute approximate surface area is 123 Å². The molecule has 0 amide bonds. The van der Waals surface area contributed by atoms with Gasteiger partial charge in [0.15, 0.2) is 0 Å². The molecule has 19 heavy (non-hydrogen) atoms. The number of nitrogens with one attached hydrogen (secondary N) is 1. The molecule has 2 rings (SSSR count). The number of pyridine rings is 1. The van der Waals surface area contributed by atoms with E-state index >= 15 is 0 Å². The molecule has 0 bridgehead atoms. The highest BCUT2D eigenvalue weighted by atomic mass is 35.5. The van der Waals surface area contributed by atoms with Crippen LogP contribution in [-0.4, -0.2) is 16.1 Å². The Kier molecular flexibility index (Phi) is 4.14. The van der Waals surface area contributed by atoms with Gasteiger partial charge in [0.2, 0.25) is 0 Å². The molecule has 7 heteroatoms. The van der Waals surface area contributed by atoms with Crippen LogP contribution in [0.15, 0.2) is 30.5 Å². The van der Waals surface area contributed by atoms with Gasteiger partial charge in [0.05, 0.1) is 10.6 Å². The third kappa shape index (κ3) is 3.50. The number of carboxylic acids is 1. The van der Waals surface area contributed by atoms with E-state index in [4.69, 9.17) is 39.9 Å². The maximum Gasteiger partial charge on any atom is 0.337 e. The number of aromatic nitrogens is 1. The lowest BCUT2D eigenvalue weighted by atomic mass is 10.2. The maximum absolute atomic E-state index is 10.8. The Morgan fingerprint density at radius 1 is 1.11 bits per heavy atom. The van der Waals surface area contributed by atoms with Crippen molar-refractivity contribution < 1.29 is 9.90 Å². The summed E-state index contributed by atoms with van der Waals surface area (Å²) >= 11 is 17.7. The van der Waals surface area contributed by atoms with Crippen LogP contribution in [0.25, 0.3) is 0 Å². The number of rotatable bonds is 3. The van der Waals surface area contributed by atoms with Gasteiger partial charge in [-0.05, 0) is 24.3 Å². The first-order valence-electron chi connectivity index (χ1n) is 5.07. The van der Waals surface area contributed by atoms with Crippen LogP contribution in [0.4, 0.5) is 11.5 Å². The summed E-state index contributed by atoms with van der Waals surface area (Å²) in [4.78, 5) is 14.7. The largest absolute Gasteiger partial charge is 0.478 e. The Hall–Kier alpha value is -1.49. The number of nitrogens with zero attached hydrogens (tertiary/aromatic N) is 1. The van der Waals surface area contributed by atoms with Gasteiger partial charge in [0.25, 0.3) is 0 Å². The predicted molar refractivity (Wildman–Crippen MR) is 76.0 cm³/mol. The average molecular weight is 318 g/mol. The average Bonchev–Trinajstić information content (AvgIpc) is 2.30. The summed E-state index contributed by atoms with van der Waals surface area (Å²) in [7, 11) is 0. The molecular formula is C12H7Cl3N2O2. The van der Waals surface area contributed by atoms with Crippen molar-refractivity contribution in [3.8, 4) is 0 Å². The van der Waals surface area contributed by atoms with Crippen LogP contribution in [0.5, 0.6) is 0 Å². The van der Waals surface area contributed by atoms with E-state index in [2.05, 4.69) is 10.3 Å². The molecule has 4 nitrogen and oxygen atoms in total. The van der Waals surface area contributed by atoms with Gasteiger partial charge in [0.1, 0.15) is 5.82 Å². The smallest absolute Gasteiger partial charge is 0.337 e. The van der Waals surface area contributed by atoms with E-state index in [1.807, 2.05) is 0 Å². The van der Waals surface area contributed by atoms with E-state index in [1.54, 1.807) is 18.2 Å². The number of carboxylic acid groups (broad SMARTS) is 1. The molecule has 1 aromatic carbocycles. The first kappa shape index (κ1) is 13.9. The molecule has 0 atom stereocenters. The minimum Gasteiger partial charge on any atom is -0.478 e. The Bertz CT molecular complexity index is 627. The predicted octanol–water partition coefficient (Wildman–Crippen LogP) is 4.48. The van der Waals surface area contributed by atoms with Crippen LogP contribution in [0, 0.1) is 0 Å². The van der Waals surface area contributed by atoms with E-state index in [-0.39, 0.29) is 10.6 Å². The normalized spacial score (nSPS) is 10.3. The maximum atomic E-state index is 10.8. The molecule has 0 aliphatic carbocycles. The standard InChI is InChI=1S/C12H7Cl3N2O2/c13-7-2-8(14)4-9(3-7)17-11-10(15)1-6(5-16-11)12(18)19/h1-5H,(H,16,17)(H,18,19). The second-order valence-electron chi connectivity index (χ2n) is 3.64. The van der Waals surface area contributed by atoms with E-state index in [9.17, 15) is 4.79 Å². The Balaban J connectivity index is 2.30. The molecule has 0 saturated heterocycles. The van der Waals surface area contributed by atoms with Crippen molar-refractivity contribution >= 4 is 52.3 Å². The number of carbonyl (C=O) groups is 1. The summed E-state index contributed by atoms with van der Waals surface area (Å²) in [5.74, 6) is -0.767.